The van der Waals surface area contributed by atoms with Crippen molar-refractivity contribution in [2.45, 2.75) is 6.42 Å². The summed E-state index contributed by atoms with van der Waals surface area (Å²) in [5, 5.41) is 8.79. The first-order valence-corrected chi connectivity index (χ1v) is 18.4. The molecule has 7 aromatic carbocycles. The van der Waals surface area contributed by atoms with Crippen LogP contribution in [0.3, 0.4) is 0 Å². The van der Waals surface area contributed by atoms with Crippen LogP contribution in [0.2, 0.25) is 0 Å². The minimum absolute atomic E-state index is 0.647. The molecule has 0 radical (unpaired) electrons. The van der Waals surface area contributed by atoms with E-state index in [2.05, 4.69) is 150 Å². The van der Waals surface area contributed by atoms with Gasteiger partial charge in [0.25, 0.3) is 0 Å². The van der Waals surface area contributed by atoms with E-state index in [1.165, 1.54) is 54.3 Å². The molecule has 1 aliphatic carbocycles. The quantitative estimate of drug-likeness (QED) is 0.181. The highest BCUT2D eigenvalue weighted by molar-refractivity contribution is 6.15. The van der Waals surface area contributed by atoms with Crippen LogP contribution in [0.25, 0.3) is 101 Å². The van der Waals surface area contributed by atoms with Gasteiger partial charge >= 0.3 is 0 Å². The zero-order chi connectivity index (χ0) is 35.6. The van der Waals surface area contributed by atoms with Gasteiger partial charge in [-0.3, -0.25) is 0 Å². The lowest BCUT2D eigenvalue weighted by Crippen LogP contribution is -2.25. The molecule has 0 N–H and O–H groups in total. The Balaban J connectivity index is 1.07. The molecule has 54 heavy (non-hydrogen) atoms. The Morgan fingerprint density at radius 2 is 1.04 bits per heavy atom. The number of rotatable bonds is 5. The molecule has 1 aliphatic rings. The Hall–Kier alpha value is -7.17. The summed E-state index contributed by atoms with van der Waals surface area (Å²) in [7, 11) is 0. The zero-order valence-electron chi connectivity index (χ0n) is 29.3. The van der Waals surface area contributed by atoms with Crippen molar-refractivity contribution in [2.24, 2.45) is 0 Å². The molecule has 4 heteroatoms. The second kappa shape index (κ2) is 12.2. The maximum atomic E-state index is 5.13. The number of para-hydroxylation sites is 2. The first-order chi connectivity index (χ1) is 26.8. The van der Waals surface area contributed by atoms with E-state index < -0.39 is 0 Å². The number of benzene rings is 7. The average molecular weight is 689 g/mol. The Morgan fingerprint density at radius 1 is 0.426 bits per heavy atom. The van der Waals surface area contributed by atoms with E-state index >= 15 is 0 Å². The molecule has 10 aromatic rings. The van der Waals surface area contributed by atoms with Crippen molar-refractivity contribution in [1.82, 2.24) is 19.4 Å². The lowest BCUT2D eigenvalue weighted by molar-refractivity contribution is 1.07. The number of allylic oxidation sites excluding steroid dienone is 2. The second-order valence-corrected chi connectivity index (χ2v) is 13.9. The van der Waals surface area contributed by atoms with E-state index in [1.807, 2.05) is 36.4 Å². The van der Waals surface area contributed by atoms with Crippen LogP contribution < -0.4 is 10.6 Å². The number of fused-ring (bicyclic) bond motifs is 7. The van der Waals surface area contributed by atoms with Crippen LogP contribution in [0.1, 0.15) is 12.0 Å². The van der Waals surface area contributed by atoms with Crippen LogP contribution in [0, 0.1) is 0 Å². The summed E-state index contributed by atoms with van der Waals surface area (Å²) in [6.45, 7) is 0. The Morgan fingerprint density at radius 3 is 1.80 bits per heavy atom. The summed E-state index contributed by atoms with van der Waals surface area (Å²) in [4.78, 5) is 15.2. The number of aromatic nitrogens is 4. The van der Waals surface area contributed by atoms with E-state index in [4.69, 9.17) is 15.0 Å². The predicted octanol–water partition coefficient (Wildman–Crippen LogP) is 10.7. The van der Waals surface area contributed by atoms with Crippen LogP contribution in [0.4, 0.5) is 0 Å². The Bertz CT molecular complexity index is 3160. The zero-order valence-corrected chi connectivity index (χ0v) is 29.3. The monoisotopic (exact) mass is 688 g/mol. The van der Waals surface area contributed by atoms with E-state index in [1.54, 1.807) is 0 Å². The molecule has 0 amide bonds. The molecule has 0 bridgehead atoms. The maximum Gasteiger partial charge on any atom is 0.164 e. The summed E-state index contributed by atoms with van der Waals surface area (Å²) in [5.74, 6) is 1.95. The highest BCUT2D eigenvalue weighted by atomic mass is 15.0. The third-order valence-corrected chi connectivity index (χ3v) is 10.8. The maximum absolute atomic E-state index is 5.13. The topological polar surface area (TPSA) is 43.1 Å². The standard InChI is InChI=1S/C50H32N4/c1-3-14-35(15-4-1)48-51-49(36-16-5-2-6-17-36)53-50(52-48)43-30-29-33-13-7-8-19-38(33)46(43)34-27-25-32(26-28-34)37-18-11-21-40-42-23-12-22-41-39-20-9-10-24-44(39)54(47(41)42)45(40)31-37/h1-10,12-31H,11H2. The molecule has 0 atom stereocenters. The molecular formula is C50H32N4. The highest BCUT2D eigenvalue weighted by Crippen LogP contribution is 2.39. The van der Waals surface area contributed by atoms with Gasteiger partial charge in [-0.25, -0.2) is 15.0 Å². The lowest BCUT2D eigenvalue weighted by atomic mass is 9.91. The van der Waals surface area contributed by atoms with Gasteiger partial charge in [-0.15, -0.1) is 0 Å². The van der Waals surface area contributed by atoms with Gasteiger partial charge in [0.15, 0.2) is 17.5 Å². The fourth-order valence-electron chi connectivity index (χ4n) is 8.34. The van der Waals surface area contributed by atoms with Crippen molar-refractivity contribution >= 4 is 55.7 Å². The van der Waals surface area contributed by atoms with E-state index in [0.717, 1.165) is 39.6 Å². The molecule has 11 rings (SSSR count). The molecule has 0 fully saturated rings. The minimum Gasteiger partial charge on any atom is -0.308 e. The lowest BCUT2D eigenvalue weighted by Gasteiger charge is -2.15. The van der Waals surface area contributed by atoms with Gasteiger partial charge in [-0.1, -0.05) is 164 Å². The fraction of sp³-hybridized carbons (Fsp3) is 0.0200. The van der Waals surface area contributed by atoms with Crippen LogP contribution in [0.15, 0.2) is 170 Å². The second-order valence-electron chi connectivity index (χ2n) is 13.9. The first kappa shape index (κ1) is 30.5. The predicted molar refractivity (Wildman–Crippen MR) is 223 cm³/mol. The number of hydrogen-bond acceptors (Lipinski definition) is 3. The van der Waals surface area contributed by atoms with Gasteiger partial charge in [0, 0.05) is 43.6 Å². The number of hydrogen-bond donors (Lipinski definition) is 0. The van der Waals surface area contributed by atoms with Gasteiger partial charge < -0.3 is 4.40 Å². The van der Waals surface area contributed by atoms with Gasteiger partial charge in [0.2, 0.25) is 0 Å². The van der Waals surface area contributed by atoms with Crippen molar-refractivity contribution in [3.63, 3.8) is 0 Å². The van der Waals surface area contributed by atoms with Crippen molar-refractivity contribution in [1.29, 1.82) is 0 Å². The highest BCUT2D eigenvalue weighted by Gasteiger charge is 2.19. The Kier molecular flexibility index (Phi) is 6.89. The van der Waals surface area contributed by atoms with Crippen LogP contribution in [0.5, 0.6) is 0 Å². The van der Waals surface area contributed by atoms with Crippen LogP contribution >= 0.6 is 0 Å². The molecule has 0 aliphatic heterocycles. The molecule has 3 aromatic heterocycles. The Labute approximate surface area is 311 Å². The summed E-state index contributed by atoms with van der Waals surface area (Å²) >= 11 is 0. The molecule has 0 unspecified atom stereocenters. The van der Waals surface area contributed by atoms with Crippen molar-refractivity contribution < 1.29 is 0 Å². The van der Waals surface area contributed by atoms with Gasteiger partial charge in [-0.2, -0.15) is 0 Å². The molecule has 4 nitrogen and oxygen atoms in total. The first-order valence-electron chi connectivity index (χ1n) is 18.4. The molecule has 0 saturated carbocycles. The summed E-state index contributed by atoms with van der Waals surface area (Å²) in [5.41, 5.74) is 10.0. The van der Waals surface area contributed by atoms with Gasteiger partial charge in [0.05, 0.1) is 16.4 Å². The summed E-state index contributed by atoms with van der Waals surface area (Å²) in [6, 6.07) is 57.7. The third kappa shape index (κ3) is 4.81. The van der Waals surface area contributed by atoms with E-state index in [9.17, 15) is 0 Å². The molecule has 3 heterocycles. The van der Waals surface area contributed by atoms with Crippen LogP contribution in [-0.2, 0) is 0 Å². The van der Waals surface area contributed by atoms with Crippen LogP contribution in [-0.4, -0.2) is 19.4 Å². The smallest absolute Gasteiger partial charge is 0.164 e. The molecule has 0 saturated heterocycles. The normalized spacial score (nSPS) is 12.8. The minimum atomic E-state index is 0.647. The summed E-state index contributed by atoms with van der Waals surface area (Å²) in [6.07, 6.45) is 7.98. The van der Waals surface area contributed by atoms with Crippen molar-refractivity contribution in [2.75, 3.05) is 0 Å². The largest absolute Gasteiger partial charge is 0.308 e. The van der Waals surface area contributed by atoms with Crippen molar-refractivity contribution in [3.8, 4) is 45.3 Å². The molecular weight excluding hydrogens is 657 g/mol. The average Bonchev–Trinajstić information content (AvgIpc) is 3.65. The van der Waals surface area contributed by atoms with Gasteiger partial charge in [0.1, 0.15) is 0 Å². The molecule has 252 valence electrons. The van der Waals surface area contributed by atoms with Crippen molar-refractivity contribution in [3.05, 3.63) is 186 Å². The van der Waals surface area contributed by atoms with Gasteiger partial charge in [-0.05, 0) is 52.1 Å². The fourth-order valence-corrected chi connectivity index (χ4v) is 8.34. The molecule has 0 spiro atoms. The SMILES string of the molecule is C1=C(c2ccc(-c3c(-c4nc(-c5ccccc5)nc(-c5ccccc5)n4)ccc4ccccc34)cc2)C=c2c(c3cccc4c5ccccc5n2c34)=CC1. The summed E-state index contributed by atoms with van der Waals surface area (Å²) < 4.78 is 2.46. The van der Waals surface area contributed by atoms with E-state index in [0.29, 0.717) is 17.5 Å². The third-order valence-electron chi connectivity index (χ3n) is 10.8. The number of nitrogens with zero attached hydrogens (tertiary/aromatic N) is 4. The van der Waals surface area contributed by atoms with E-state index in [-0.39, 0.29) is 0 Å².